The van der Waals surface area contributed by atoms with Gasteiger partial charge < -0.3 is 19.9 Å². The molecular weight excluding hydrogens is 865 g/mol. The topological polar surface area (TPSA) is 144 Å². The number of piperazine rings is 1. The summed E-state index contributed by atoms with van der Waals surface area (Å²) in [6, 6.07) is 12.8. The molecule has 0 radical (unpaired) electrons. The van der Waals surface area contributed by atoms with Crippen LogP contribution in [-0.4, -0.2) is 133 Å². The van der Waals surface area contributed by atoms with Crippen molar-refractivity contribution in [3.63, 3.8) is 0 Å². The van der Waals surface area contributed by atoms with Crippen molar-refractivity contribution in [2.75, 3.05) is 62.6 Å². The molecule has 1 saturated carbocycles. The molecule has 0 bridgehead atoms. The minimum Gasteiger partial charge on any atom is -0.492 e. The first-order valence-corrected chi connectivity index (χ1v) is 25.0. The molecule has 4 unspecified atom stereocenters. The first kappa shape index (κ1) is 44.6. The highest BCUT2D eigenvalue weighted by Gasteiger charge is 2.50. The maximum atomic E-state index is 15.5. The van der Waals surface area contributed by atoms with Crippen LogP contribution in [0.4, 0.5) is 26.1 Å². The number of piperidine rings is 2. The molecule has 2 N–H and O–H groups in total. The van der Waals surface area contributed by atoms with Crippen molar-refractivity contribution in [3.05, 3.63) is 89.0 Å². The smallest absolute Gasteiger partial charge is 0.255 e. The number of fused-ring (bicyclic) bond motifs is 2. The molecule has 6 heterocycles. The Morgan fingerprint density at radius 2 is 1.71 bits per heavy atom. The minimum absolute atomic E-state index is 0.0270. The van der Waals surface area contributed by atoms with E-state index in [-0.39, 0.29) is 53.1 Å². The van der Waals surface area contributed by atoms with E-state index in [2.05, 4.69) is 61.1 Å². The summed E-state index contributed by atoms with van der Waals surface area (Å²) in [4.78, 5) is 56.3. The summed E-state index contributed by atoms with van der Waals surface area (Å²) in [6.07, 6.45) is 7.71. The van der Waals surface area contributed by atoms with Gasteiger partial charge in [-0.2, -0.15) is 0 Å². The number of nitrogens with zero attached hydrogens (tertiary/aromatic N) is 7. The van der Waals surface area contributed by atoms with Crippen molar-refractivity contribution in [2.45, 2.75) is 107 Å². The van der Waals surface area contributed by atoms with Gasteiger partial charge in [0.15, 0.2) is 17.4 Å². The average molecular weight is 924 g/mol. The van der Waals surface area contributed by atoms with Gasteiger partial charge >= 0.3 is 0 Å². The molecule has 4 saturated heterocycles. The van der Waals surface area contributed by atoms with Crippen LogP contribution < -0.4 is 15.5 Å². The Kier molecular flexibility index (Phi) is 11.4. The molecule has 3 aromatic rings. The van der Waals surface area contributed by atoms with Crippen molar-refractivity contribution < 1.29 is 32.1 Å². The molecule has 1 spiro atoms. The lowest BCUT2D eigenvalue weighted by Gasteiger charge is -2.56. The van der Waals surface area contributed by atoms with E-state index in [0.717, 1.165) is 69.3 Å². The number of allylic oxidation sites excluding steroid dienone is 2. The number of anilines is 3. The zero-order valence-electron chi connectivity index (χ0n) is 38.2. The molecule has 3 amide bonds. The van der Waals surface area contributed by atoms with Gasteiger partial charge in [0.05, 0.1) is 27.5 Å². The maximum absolute atomic E-state index is 15.5. The number of halogens is 2. The number of hydrogen-bond acceptors (Lipinski definition) is 11. The average Bonchev–Trinajstić information content (AvgIpc) is 3.54. The van der Waals surface area contributed by atoms with Gasteiger partial charge in [0, 0.05) is 98.1 Å². The van der Waals surface area contributed by atoms with Gasteiger partial charge in [0.25, 0.3) is 5.91 Å². The monoisotopic (exact) mass is 923 g/mol. The van der Waals surface area contributed by atoms with Crippen molar-refractivity contribution in [1.82, 2.24) is 34.3 Å². The predicted molar refractivity (Wildman–Crippen MR) is 249 cm³/mol. The van der Waals surface area contributed by atoms with Gasteiger partial charge in [-0.15, -0.1) is 0 Å². The maximum Gasteiger partial charge on any atom is 0.255 e. The van der Waals surface area contributed by atoms with E-state index in [9.17, 15) is 18.6 Å². The molecule has 5 fully saturated rings. The van der Waals surface area contributed by atoms with E-state index < -0.39 is 38.8 Å². The van der Waals surface area contributed by atoms with Gasteiger partial charge in [-0.25, -0.2) is 27.3 Å². The molecule has 350 valence electrons. The fourth-order valence-electron chi connectivity index (χ4n) is 12.0. The standard InChI is InChI=1S/C49H59F2N9O5S/c1-30(2)59-23-24-65-44-37(50)25-32(26-48(44,59)4)43-38(51)29-52-47(55-43)53-33-9-11-35(12-10-33)66(5,64)58-21-19-56(20-22-58)34-27-49(28-34)15-17-57(18-16-49)39-8-6-7-36-42(39)31(3)60(46(36)63)40-13-14-41(61)54-45(40)62/h6-12,25,29-31,34,40H,5,13-24,26-28H2,1-4H3,(H,52,53,55)(H,54,61,62). The predicted octanol–water partition coefficient (Wildman–Crippen LogP) is 6.21. The number of rotatable bonds is 9. The largest absolute Gasteiger partial charge is 0.492 e. The van der Waals surface area contributed by atoms with Crippen LogP contribution in [0.1, 0.15) is 100 Å². The highest BCUT2D eigenvalue weighted by Crippen LogP contribution is 2.53. The number of carbonyl (C=O) groups excluding carboxylic acids is 3. The summed E-state index contributed by atoms with van der Waals surface area (Å²) >= 11 is 0. The fourth-order valence-corrected chi connectivity index (χ4v) is 13.7. The number of morpholine rings is 1. The van der Waals surface area contributed by atoms with Crippen LogP contribution in [0, 0.1) is 11.2 Å². The van der Waals surface area contributed by atoms with E-state index in [4.69, 9.17) is 4.74 Å². The van der Waals surface area contributed by atoms with Crippen LogP contribution in [0.25, 0.3) is 5.57 Å². The lowest BCUT2D eigenvalue weighted by molar-refractivity contribution is -0.137. The molecule has 5 aliphatic heterocycles. The number of amides is 3. The summed E-state index contributed by atoms with van der Waals surface area (Å²) < 4.78 is 52.8. The van der Waals surface area contributed by atoms with Gasteiger partial charge in [-0.1, -0.05) is 6.07 Å². The number of aromatic nitrogens is 2. The van der Waals surface area contributed by atoms with E-state index in [1.165, 1.54) is 6.08 Å². The Hall–Kier alpha value is -5.23. The summed E-state index contributed by atoms with van der Waals surface area (Å²) in [5.41, 5.74) is 3.27. The number of carbonyl (C=O) groups is 3. The number of imide groups is 1. The fraction of sp³-hybridized carbons (Fsp3) is 0.510. The third-order valence-electron chi connectivity index (χ3n) is 15.5. The molecule has 1 aromatic heterocycles. The van der Waals surface area contributed by atoms with Gasteiger partial charge in [-0.3, -0.25) is 29.5 Å². The van der Waals surface area contributed by atoms with Crippen molar-refractivity contribution >= 4 is 56.2 Å². The minimum atomic E-state index is -2.76. The summed E-state index contributed by atoms with van der Waals surface area (Å²) in [6.45, 7) is 13.8. The van der Waals surface area contributed by atoms with E-state index >= 15 is 8.78 Å². The Morgan fingerprint density at radius 1 is 0.985 bits per heavy atom. The van der Waals surface area contributed by atoms with Gasteiger partial charge in [-0.05, 0) is 119 Å². The van der Waals surface area contributed by atoms with E-state index in [0.29, 0.717) is 66.8 Å². The molecule has 66 heavy (non-hydrogen) atoms. The van der Waals surface area contributed by atoms with Gasteiger partial charge in [0.2, 0.25) is 17.8 Å². The zero-order valence-corrected chi connectivity index (χ0v) is 39.0. The lowest BCUT2D eigenvalue weighted by Crippen LogP contribution is -2.59. The Morgan fingerprint density at radius 3 is 2.41 bits per heavy atom. The molecular formula is C49H59F2N9O5S. The quantitative estimate of drug-likeness (QED) is 0.187. The normalized spacial score (nSPS) is 27.3. The van der Waals surface area contributed by atoms with Crippen LogP contribution in [0.3, 0.4) is 0 Å². The first-order chi connectivity index (χ1) is 31.5. The second-order valence-electron chi connectivity index (χ2n) is 19.7. The second kappa shape index (κ2) is 16.8. The molecule has 7 aliphatic rings. The number of hydrogen-bond donors (Lipinski definition) is 2. The number of benzene rings is 2. The van der Waals surface area contributed by atoms with Crippen LogP contribution in [0.5, 0.6) is 0 Å². The Bertz CT molecular complexity index is 2630. The third kappa shape index (κ3) is 7.68. The molecule has 14 nitrogen and oxygen atoms in total. The molecule has 17 heteroatoms. The van der Waals surface area contributed by atoms with E-state index in [1.54, 1.807) is 29.2 Å². The highest BCUT2D eigenvalue weighted by atomic mass is 32.2. The molecule has 2 aliphatic carbocycles. The number of nitrogens with one attached hydrogen (secondary N) is 2. The Balaban J connectivity index is 0.722. The summed E-state index contributed by atoms with van der Waals surface area (Å²) in [5, 5.41) is 5.55. The molecule has 4 atom stereocenters. The first-order valence-electron chi connectivity index (χ1n) is 23.4. The van der Waals surface area contributed by atoms with E-state index in [1.807, 2.05) is 30.3 Å². The second-order valence-corrected chi connectivity index (χ2v) is 22.0. The van der Waals surface area contributed by atoms with Crippen LogP contribution in [-0.2, 0) is 24.0 Å². The van der Waals surface area contributed by atoms with Crippen LogP contribution >= 0.6 is 0 Å². The van der Waals surface area contributed by atoms with Crippen LogP contribution in [0.2, 0.25) is 0 Å². The summed E-state index contributed by atoms with van der Waals surface area (Å²) in [7, 11) is -2.76. The SMILES string of the molecule is C=S(=O)(c1ccc(Nc2ncc(F)c(C3=CC(F)=C4OCCN(C(C)C)C4(C)C3)n2)cc1)N1CCN(C2CC3(CCN(c4cccc5c4C(C)N(C4CCC(=O)NC4=O)C5=O)CC3)C2)CC1. The van der Waals surface area contributed by atoms with Crippen molar-refractivity contribution in [3.8, 4) is 0 Å². The van der Waals surface area contributed by atoms with Crippen LogP contribution in [0.15, 0.2) is 71.2 Å². The van der Waals surface area contributed by atoms with Crippen molar-refractivity contribution in [2.24, 2.45) is 5.41 Å². The van der Waals surface area contributed by atoms with Crippen molar-refractivity contribution in [1.29, 1.82) is 0 Å². The molecule has 2 aromatic carbocycles. The lowest BCUT2D eigenvalue weighted by atomic mass is 9.60. The summed E-state index contributed by atoms with van der Waals surface area (Å²) in [5.74, 6) is 2.64. The molecule has 10 rings (SSSR count). The zero-order chi connectivity index (χ0) is 46.3. The Labute approximate surface area is 385 Å². The van der Waals surface area contributed by atoms with Gasteiger partial charge in [0.1, 0.15) is 18.3 Å². The number of ether oxygens (including phenoxy) is 1. The highest BCUT2D eigenvalue weighted by molar-refractivity contribution is 7.98. The third-order valence-corrected chi connectivity index (χ3v) is 17.8.